The number of hydrogen-bond acceptors (Lipinski definition) is 8. The van der Waals surface area contributed by atoms with E-state index in [9.17, 15) is 14.4 Å². The number of carbonyl (C=O) groups is 1. The topological polar surface area (TPSA) is 80.0 Å². The molecule has 0 amide bonds. The van der Waals surface area contributed by atoms with Gasteiger partial charge in [-0.25, -0.2) is 4.79 Å². The van der Waals surface area contributed by atoms with E-state index in [1.54, 1.807) is 29.4 Å². The molecule has 0 radical (unpaired) electrons. The summed E-state index contributed by atoms with van der Waals surface area (Å²) in [6.45, 7) is 5.40. The van der Waals surface area contributed by atoms with Gasteiger partial charge in [0.2, 0.25) is 0 Å². The number of anilines is 3. The molecule has 0 N–H and O–H groups in total. The zero-order chi connectivity index (χ0) is 28.2. The van der Waals surface area contributed by atoms with Gasteiger partial charge < -0.3 is 19.4 Å². The van der Waals surface area contributed by atoms with Crippen molar-refractivity contribution < 1.29 is 9.53 Å². The molecule has 3 heterocycles. The van der Waals surface area contributed by atoms with Crippen LogP contribution in [0.25, 0.3) is 0 Å². The van der Waals surface area contributed by atoms with Crippen LogP contribution in [0, 0.1) is 0 Å². The summed E-state index contributed by atoms with van der Waals surface area (Å²) >= 11 is 1.77. The Labute approximate surface area is 239 Å². The summed E-state index contributed by atoms with van der Waals surface area (Å²) in [6.07, 6.45) is 3.34. The number of methoxy groups -OCH3 is 1. The average molecular weight is 564 g/mol. The van der Waals surface area contributed by atoms with Crippen molar-refractivity contribution >= 4 is 34.9 Å². The molecule has 9 nitrogen and oxygen atoms in total. The van der Waals surface area contributed by atoms with Gasteiger partial charge in [0, 0.05) is 56.1 Å². The van der Waals surface area contributed by atoms with Gasteiger partial charge in [-0.05, 0) is 62.2 Å². The third-order valence-electron chi connectivity index (χ3n) is 7.79. The Bertz CT molecular complexity index is 1500. The van der Waals surface area contributed by atoms with Crippen molar-refractivity contribution in [3.8, 4) is 0 Å². The van der Waals surface area contributed by atoms with Gasteiger partial charge in [0.25, 0.3) is 5.56 Å². The summed E-state index contributed by atoms with van der Waals surface area (Å²) in [7, 11) is 4.67. The molecule has 5 rings (SSSR count). The van der Waals surface area contributed by atoms with Crippen molar-refractivity contribution in [2.45, 2.75) is 35.5 Å². The van der Waals surface area contributed by atoms with E-state index in [0.29, 0.717) is 5.82 Å². The van der Waals surface area contributed by atoms with Crippen molar-refractivity contribution in [1.82, 2.24) is 14.0 Å². The van der Waals surface area contributed by atoms with Crippen LogP contribution < -0.4 is 21.0 Å². The van der Waals surface area contributed by atoms with E-state index in [4.69, 9.17) is 4.74 Å². The lowest BCUT2D eigenvalue weighted by Gasteiger charge is -2.33. The van der Waals surface area contributed by atoms with E-state index in [1.807, 2.05) is 6.07 Å². The molecule has 2 aliphatic heterocycles. The number of para-hydroxylation sites is 1. The van der Waals surface area contributed by atoms with Crippen molar-refractivity contribution in [2.75, 3.05) is 56.2 Å². The molecule has 0 saturated carbocycles. The molecule has 0 aliphatic carbocycles. The summed E-state index contributed by atoms with van der Waals surface area (Å²) in [5.74, 6) is 0.463. The van der Waals surface area contributed by atoms with Crippen LogP contribution >= 0.6 is 11.8 Å². The van der Waals surface area contributed by atoms with E-state index >= 15 is 0 Å². The molecule has 1 saturated heterocycles. The quantitative estimate of drug-likeness (QED) is 0.305. The van der Waals surface area contributed by atoms with Gasteiger partial charge in [-0.1, -0.05) is 30.0 Å². The molecule has 1 aromatic heterocycles. The highest BCUT2D eigenvalue weighted by atomic mass is 32.2. The summed E-state index contributed by atoms with van der Waals surface area (Å²) in [6, 6.07) is 16.3. The molecule has 40 heavy (non-hydrogen) atoms. The molecule has 0 spiro atoms. The number of aromatic nitrogens is 2. The lowest BCUT2D eigenvalue weighted by Crippen LogP contribution is -2.41. The van der Waals surface area contributed by atoms with Gasteiger partial charge in [-0.15, -0.1) is 0 Å². The molecular weight excluding hydrogens is 526 g/mol. The van der Waals surface area contributed by atoms with Crippen molar-refractivity contribution in [2.24, 2.45) is 14.1 Å². The fourth-order valence-electron chi connectivity index (χ4n) is 5.52. The number of ether oxygens (including phenoxy) is 1. The number of nitrogens with zero attached hydrogens (tertiary/aromatic N) is 5. The van der Waals surface area contributed by atoms with Gasteiger partial charge in [-0.3, -0.25) is 18.7 Å². The smallest absolute Gasteiger partial charge is 0.332 e. The van der Waals surface area contributed by atoms with Gasteiger partial charge in [0.15, 0.2) is 0 Å². The highest BCUT2D eigenvalue weighted by Crippen LogP contribution is 2.48. The molecule has 0 atom stereocenters. The summed E-state index contributed by atoms with van der Waals surface area (Å²) < 4.78 is 7.60. The Balaban J connectivity index is 1.21. The molecule has 10 heteroatoms. The number of carbonyl (C=O) groups excluding carboxylic acids is 1. The van der Waals surface area contributed by atoms with E-state index in [1.165, 1.54) is 29.6 Å². The van der Waals surface area contributed by atoms with Crippen molar-refractivity contribution in [3.63, 3.8) is 0 Å². The molecule has 2 aromatic carbocycles. The Hall–Kier alpha value is -3.50. The number of unbranched alkanes of at least 4 members (excludes halogenated alkanes) is 1. The number of fused-ring (bicyclic) bond motifs is 2. The Kier molecular flexibility index (Phi) is 8.66. The van der Waals surface area contributed by atoms with Crippen LogP contribution in [0.2, 0.25) is 0 Å². The fourth-order valence-corrected chi connectivity index (χ4v) is 6.59. The summed E-state index contributed by atoms with van der Waals surface area (Å²) in [5, 5.41) is 0. The minimum absolute atomic E-state index is 0.233. The second kappa shape index (κ2) is 12.3. The highest BCUT2D eigenvalue weighted by molar-refractivity contribution is 7.99. The predicted molar refractivity (Wildman–Crippen MR) is 159 cm³/mol. The zero-order valence-electron chi connectivity index (χ0n) is 23.5. The monoisotopic (exact) mass is 563 g/mol. The lowest BCUT2D eigenvalue weighted by atomic mass is 10.1. The zero-order valence-corrected chi connectivity index (χ0v) is 24.3. The van der Waals surface area contributed by atoms with Crippen molar-refractivity contribution in [1.29, 1.82) is 0 Å². The molecule has 2 aliphatic rings. The van der Waals surface area contributed by atoms with Crippen LogP contribution in [0.4, 0.5) is 17.2 Å². The first-order valence-corrected chi connectivity index (χ1v) is 14.7. The average Bonchev–Trinajstić information content (AvgIpc) is 3.21. The van der Waals surface area contributed by atoms with E-state index in [2.05, 4.69) is 51.1 Å². The van der Waals surface area contributed by atoms with Gasteiger partial charge >= 0.3 is 11.7 Å². The van der Waals surface area contributed by atoms with Gasteiger partial charge in [-0.2, -0.15) is 0 Å². The molecule has 212 valence electrons. The minimum Gasteiger partial charge on any atom is -0.469 e. The molecular formula is C30H37N5O4S. The second-order valence-corrected chi connectivity index (χ2v) is 11.5. The summed E-state index contributed by atoms with van der Waals surface area (Å²) in [4.78, 5) is 46.0. The van der Waals surface area contributed by atoms with E-state index < -0.39 is 0 Å². The predicted octanol–water partition coefficient (Wildman–Crippen LogP) is 3.39. The first-order chi connectivity index (χ1) is 19.4. The van der Waals surface area contributed by atoms with E-state index in [-0.39, 0.29) is 23.6 Å². The Morgan fingerprint density at radius 1 is 0.875 bits per heavy atom. The highest BCUT2D eigenvalue weighted by Gasteiger charge is 2.24. The third kappa shape index (κ3) is 5.97. The maximum absolute atomic E-state index is 12.4. The van der Waals surface area contributed by atoms with Gasteiger partial charge in [0.1, 0.15) is 5.82 Å². The summed E-state index contributed by atoms with van der Waals surface area (Å²) in [5.41, 5.74) is 2.75. The van der Waals surface area contributed by atoms with Crippen LogP contribution in [0.15, 0.2) is 67.9 Å². The molecule has 3 aromatic rings. The number of rotatable bonds is 8. The van der Waals surface area contributed by atoms with Crippen LogP contribution in [0.1, 0.15) is 24.8 Å². The molecule has 0 bridgehead atoms. The second-order valence-electron chi connectivity index (χ2n) is 10.4. The number of benzene rings is 2. The lowest BCUT2D eigenvalue weighted by molar-refractivity contribution is -0.139. The minimum atomic E-state index is -0.291. The largest absolute Gasteiger partial charge is 0.469 e. The van der Waals surface area contributed by atoms with Crippen LogP contribution in [0.5, 0.6) is 0 Å². The van der Waals surface area contributed by atoms with Crippen LogP contribution in [0.3, 0.4) is 0 Å². The maximum Gasteiger partial charge on any atom is 0.332 e. The Morgan fingerprint density at radius 3 is 2.48 bits per heavy atom. The number of esters is 1. The third-order valence-corrected chi connectivity index (χ3v) is 8.92. The standard InChI is InChI=1S/C30H37N5O4S/c1-31-27(21-28(36)32(2)30(31)38)34-15-8-14-33(17-18-34)13-6-7-16-35-23-9-4-5-10-25(23)40-26-12-11-22(19-24(26)35)20-29(37)39-3/h4-5,9-12,19,21H,6-8,13-18,20H2,1-3H3. The van der Waals surface area contributed by atoms with Crippen molar-refractivity contribution in [3.05, 3.63) is 74.9 Å². The Morgan fingerprint density at radius 2 is 1.65 bits per heavy atom. The normalized spacial score (nSPS) is 15.4. The molecule has 0 unspecified atom stereocenters. The van der Waals surface area contributed by atoms with E-state index in [0.717, 1.165) is 74.3 Å². The maximum atomic E-state index is 12.4. The first kappa shape index (κ1) is 28.0. The van der Waals surface area contributed by atoms with Crippen LogP contribution in [-0.2, 0) is 30.0 Å². The SMILES string of the molecule is COC(=O)Cc1ccc2c(c1)N(CCCCN1CCCN(c3cc(=O)n(C)c(=O)n3C)CC1)c1ccccc1S2. The first-order valence-electron chi connectivity index (χ1n) is 13.8. The molecule has 1 fully saturated rings. The fraction of sp³-hybridized carbons (Fsp3) is 0.433. The number of hydrogen-bond donors (Lipinski definition) is 0. The van der Waals surface area contributed by atoms with Gasteiger partial charge in [0.05, 0.1) is 24.9 Å². The van der Waals surface area contributed by atoms with Crippen LogP contribution in [-0.4, -0.2) is 66.4 Å².